The van der Waals surface area contributed by atoms with Crippen LogP contribution < -0.4 is 5.32 Å². The van der Waals surface area contributed by atoms with E-state index < -0.39 is 15.8 Å². The van der Waals surface area contributed by atoms with Crippen LogP contribution in [0, 0.1) is 17.7 Å². The first kappa shape index (κ1) is 27.5. The van der Waals surface area contributed by atoms with Crippen molar-refractivity contribution < 1.29 is 22.4 Å². The number of hydrogen-bond donors (Lipinski definition) is 1. The highest BCUT2D eigenvalue weighted by molar-refractivity contribution is 7.88. The number of carbonyl (C=O) groups excluding carboxylic acids is 2. The fourth-order valence-electron chi connectivity index (χ4n) is 5.18. The number of benzene rings is 2. The van der Waals surface area contributed by atoms with Gasteiger partial charge in [0.1, 0.15) is 5.82 Å². The maximum atomic E-state index is 14.2. The lowest BCUT2D eigenvalue weighted by molar-refractivity contribution is -0.122. The van der Waals surface area contributed by atoms with E-state index in [0.29, 0.717) is 31.3 Å². The summed E-state index contributed by atoms with van der Waals surface area (Å²) < 4.78 is 38.6. The molecule has 0 aliphatic carbocycles. The van der Waals surface area contributed by atoms with Crippen LogP contribution in [0.1, 0.15) is 28.4 Å². The Morgan fingerprint density at radius 2 is 1.73 bits per heavy atom. The third kappa shape index (κ3) is 6.67. The molecule has 2 fully saturated rings. The van der Waals surface area contributed by atoms with Crippen molar-refractivity contribution in [2.45, 2.75) is 12.5 Å². The zero-order valence-corrected chi connectivity index (χ0v) is 22.5. The second-order valence-electron chi connectivity index (χ2n) is 9.93. The molecule has 0 aromatic heterocycles. The van der Waals surface area contributed by atoms with Crippen LogP contribution in [-0.4, -0.2) is 86.9 Å². The van der Waals surface area contributed by atoms with Crippen LogP contribution in [0.15, 0.2) is 48.5 Å². The fraction of sp³-hybridized carbons (Fsp3) is 0.462. The largest absolute Gasteiger partial charge is 0.348 e. The Hall–Kier alpha value is -2.53. The lowest BCUT2D eigenvalue weighted by Crippen LogP contribution is -2.40. The van der Waals surface area contributed by atoms with Gasteiger partial charge in [-0.3, -0.25) is 9.59 Å². The van der Waals surface area contributed by atoms with Crippen molar-refractivity contribution in [3.63, 3.8) is 0 Å². The predicted octanol–water partition coefficient (Wildman–Crippen LogP) is 2.62. The topological polar surface area (TPSA) is 90.0 Å². The van der Waals surface area contributed by atoms with E-state index >= 15 is 0 Å². The van der Waals surface area contributed by atoms with Crippen LogP contribution in [-0.2, 0) is 14.8 Å². The van der Waals surface area contributed by atoms with Crippen LogP contribution >= 0.6 is 11.6 Å². The van der Waals surface area contributed by atoms with Gasteiger partial charge in [-0.1, -0.05) is 48.0 Å². The van der Waals surface area contributed by atoms with Crippen molar-refractivity contribution in [3.05, 3.63) is 70.5 Å². The number of amides is 2. The van der Waals surface area contributed by atoms with E-state index in [0.717, 1.165) is 35.8 Å². The van der Waals surface area contributed by atoms with Gasteiger partial charge in [0.05, 0.1) is 29.4 Å². The summed E-state index contributed by atoms with van der Waals surface area (Å²) in [6, 6.07) is 13.6. The minimum Gasteiger partial charge on any atom is -0.348 e. The molecule has 2 unspecified atom stereocenters. The molecule has 2 aliphatic rings. The first-order valence-corrected chi connectivity index (χ1v) is 14.5. The van der Waals surface area contributed by atoms with Crippen molar-refractivity contribution >= 4 is 33.4 Å². The Morgan fingerprint density at radius 3 is 2.32 bits per heavy atom. The summed E-state index contributed by atoms with van der Waals surface area (Å²) in [5, 5.41) is 3.11. The number of likely N-dealkylation sites (N-methyl/N-ethyl adjacent to an activating group) is 1. The summed E-state index contributed by atoms with van der Waals surface area (Å²) in [5.74, 6) is -0.741. The van der Waals surface area contributed by atoms with Crippen molar-refractivity contribution in [2.24, 2.45) is 11.8 Å². The molecule has 37 heavy (non-hydrogen) atoms. The molecule has 4 rings (SSSR count). The van der Waals surface area contributed by atoms with Gasteiger partial charge in [-0.05, 0) is 36.0 Å². The summed E-state index contributed by atoms with van der Waals surface area (Å²) in [5.41, 5.74) is 0.889. The average molecular weight is 551 g/mol. The molecule has 2 heterocycles. The van der Waals surface area contributed by atoms with E-state index in [2.05, 4.69) is 10.2 Å². The van der Waals surface area contributed by atoms with E-state index in [1.54, 1.807) is 4.90 Å². The highest BCUT2D eigenvalue weighted by atomic mass is 35.5. The molecule has 2 saturated heterocycles. The predicted molar refractivity (Wildman–Crippen MR) is 140 cm³/mol. The van der Waals surface area contributed by atoms with Crippen LogP contribution in [0.3, 0.4) is 0 Å². The summed E-state index contributed by atoms with van der Waals surface area (Å²) in [6.07, 6.45) is 1.73. The number of likely N-dealkylation sites (tertiary alicyclic amines) is 2. The van der Waals surface area contributed by atoms with Gasteiger partial charge in [0.15, 0.2) is 0 Å². The van der Waals surface area contributed by atoms with E-state index in [-0.39, 0.29) is 35.0 Å². The van der Waals surface area contributed by atoms with E-state index in [1.165, 1.54) is 25.2 Å². The van der Waals surface area contributed by atoms with Crippen molar-refractivity contribution in [3.8, 4) is 0 Å². The number of carbonyl (C=O) groups is 2. The summed E-state index contributed by atoms with van der Waals surface area (Å²) in [4.78, 5) is 29.5. The minimum absolute atomic E-state index is 0.0658. The van der Waals surface area contributed by atoms with E-state index in [4.69, 9.17) is 11.6 Å². The van der Waals surface area contributed by atoms with Crippen LogP contribution in [0.5, 0.6) is 0 Å². The number of hydrogen-bond acceptors (Lipinski definition) is 5. The molecule has 200 valence electrons. The molecule has 2 amide bonds. The standard InChI is InChI=1S/C26H32ClFN4O4S/c1-30(37(2,35)36)17-24(33)29-23(18-7-4-3-5-8-18)11-12-31-13-19-15-32(16-20(19)14-31)26(34)25-21(27)9-6-10-22(25)28/h3-10,19-20,23H,11-17H2,1-2H3,(H,29,33)/t19?,20?,23-/m0/s1. The van der Waals surface area contributed by atoms with Crippen molar-refractivity contribution in [2.75, 3.05) is 52.6 Å². The summed E-state index contributed by atoms with van der Waals surface area (Å²) in [7, 11) is -2.08. The molecule has 1 N–H and O–H groups in total. The van der Waals surface area contributed by atoms with Gasteiger partial charge in [-0.15, -0.1) is 0 Å². The van der Waals surface area contributed by atoms with Crippen LogP contribution in [0.2, 0.25) is 5.02 Å². The minimum atomic E-state index is -3.46. The Labute approximate surface area is 222 Å². The van der Waals surface area contributed by atoms with Crippen molar-refractivity contribution in [1.29, 1.82) is 0 Å². The smallest absolute Gasteiger partial charge is 0.258 e. The number of sulfonamides is 1. The monoisotopic (exact) mass is 550 g/mol. The maximum absolute atomic E-state index is 14.2. The third-order valence-electron chi connectivity index (χ3n) is 7.23. The number of halogens is 2. The molecular weight excluding hydrogens is 519 g/mol. The fourth-order valence-corrected chi connectivity index (χ4v) is 5.77. The lowest BCUT2D eigenvalue weighted by Gasteiger charge is -2.25. The molecule has 3 atom stereocenters. The Balaban J connectivity index is 1.33. The number of fused-ring (bicyclic) bond motifs is 1. The number of nitrogens with zero attached hydrogens (tertiary/aromatic N) is 3. The first-order chi connectivity index (χ1) is 17.5. The van der Waals surface area contributed by atoms with Gasteiger partial charge in [0.25, 0.3) is 5.91 Å². The second-order valence-corrected chi connectivity index (χ2v) is 12.4. The Morgan fingerprint density at radius 1 is 1.08 bits per heavy atom. The normalized spacial score (nSPS) is 20.7. The Kier molecular flexibility index (Phi) is 8.52. The van der Waals surface area contributed by atoms with Gasteiger partial charge < -0.3 is 15.1 Å². The van der Waals surface area contributed by atoms with Gasteiger partial charge in [0.2, 0.25) is 15.9 Å². The van der Waals surface area contributed by atoms with Gasteiger partial charge >= 0.3 is 0 Å². The lowest BCUT2D eigenvalue weighted by atomic mass is 10.0. The molecule has 2 aromatic carbocycles. The van der Waals surface area contributed by atoms with Crippen LogP contribution in [0.25, 0.3) is 0 Å². The first-order valence-electron chi connectivity index (χ1n) is 12.2. The molecule has 8 nitrogen and oxygen atoms in total. The second kappa shape index (κ2) is 11.5. The maximum Gasteiger partial charge on any atom is 0.258 e. The highest BCUT2D eigenvalue weighted by Crippen LogP contribution is 2.33. The summed E-state index contributed by atoms with van der Waals surface area (Å²) >= 11 is 6.10. The van der Waals surface area contributed by atoms with Gasteiger partial charge in [-0.25, -0.2) is 12.8 Å². The molecule has 0 radical (unpaired) electrons. The average Bonchev–Trinajstić information content (AvgIpc) is 3.40. The molecule has 2 aromatic rings. The molecule has 11 heteroatoms. The molecule has 0 spiro atoms. The van der Waals surface area contributed by atoms with Crippen molar-refractivity contribution in [1.82, 2.24) is 19.4 Å². The molecule has 0 bridgehead atoms. The molecule has 2 aliphatic heterocycles. The number of nitrogens with one attached hydrogen (secondary N) is 1. The van der Waals surface area contributed by atoms with E-state index in [1.807, 2.05) is 30.3 Å². The SMILES string of the molecule is CN(CC(=O)N[C@@H](CCN1CC2CN(C(=O)c3c(F)cccc3Cl)CC2C1)c1ccccc1)S(C)(=O)=O. The third-order valence-corrected chi connectivity index (χ3v) is 8.81. The van der Waals surface area contributed by atoms with E-state index in [9.17, 15) is 22.4 Å². The zero-order valence-electron chi connectivity index (χ0n) is 20.9. The van der Waals surface area contributed by atoms with Gasteiger partial charge in [-0.2, -0.15) is 4.31 Å². The van der Waals surface area contributed by atoms with Crippen LogP contribution in [0.4, 0.5) is 4.39 Å². The zero-order chi connectivity index (χ0) is 26.7. The summed E-state index contributed by atoms with van der Waals surface area (Å²) in [6.45, 7) is 3.23. The Bertz CT molecular complexity index is 1210. The molecular formula is C26H32ClFN4O4S. The highest BCUT2D eigenvalue weighted by Gasteiger charge is 2.42. The molecule has 0 saturated carbocycles. The quantitative estimate of drug-likeness (QED) is 0.518. The number of rotatable bonds is 9. The van der Waals surface area contributed by atoms with Gasteiger partial charge in [0, 0.05) is 39.8 Å².